The van der Waals surface area contributed by atoms with E-state index >= 15 is 0 Å². The SMILES string of the molecule is COc1ccc(-n2ncccc2=O)cc1C(=O)Nc1cc2ccccc2cc1C(=O)Nc1ccc(F)c(C(F)(F)F)c1. The normalized spacial score (nSPS) is 11.3. The third-order valence-corrected chi connectivity index (χ3v) is 6.30. The van der Waals surface area contributed by atoms with Gasteiger partial charge in [0.05, 0.1) is 35.2 Å². The molecule has 5 aromatic rings. The van der Waals surface area contributed by atoms with Crippen molar-refractivity contribution in [3.63, 3.8) is 0 Å². The van der Waals surface area contributed by atoms with Crippen LogP contribution in [0.25, 0.3) is 16.5 Å². The van der Waals surface area contributed by atoms with E-state index in [2.05, 4.69) is 15.7 Å². The molecule has 1 heterocycles. The van der Waals surface area contributed by atoms with Gasteiger partial charge >= 0.3 is 6.18 Å². The molecule has 8 nitrogen and oxygen atoms in total. The van der Waals surface area contributed by atoms with Crippen LogP contribution < -0.4 is 20.9 Å². The number of nitrogens with zero attached hydrogens (tertiary/aromatic N) is 2. The molecule has 2 amide bonds. The first kappa shape index (κ1) is 28.0. The highest BCUT2D eigenvalue weighted by Crippen LogP contribution is 2.34. The van der Waals surface area contributed by atoms with Gasteiger partial charge < -0.3 is 15.4 Å². The lowest BCUT2D eigenvalue weighted by atomic mass is 10.0. The summed E-state index contributed by atoms with van der Waals surface area (Å²) < 4.78 is 59.9. The predicted octanol–water partition coefficient (Wildman–Crippen LogP) is 6.06. The Balaban J connectivity index is 1.53. The highest BCUT2D eigenvalue weighted by Gasteiger charge is 2.34. The van der Waals surface area contributed by atoms with Crippen molar-refractivity contribution in [1.82, 2.24) is 9.78 Å². The van der Waals surface area contributed by atoms with Crippen molar-refractivity contribution in [1.29, 1.82) is 0 Å². The summed E-state index contributed by atoms with van der Waals surface area (Å²) in [6.07, 6.45) is -3.56. The first-order valence-corrected chi connectivity index (χ1v) is 12.3. The number of carbonyl (C=O) groups is 2. The molecule has 12 heteroatoms. The molecule has 1 aromatic heterocycles. The van der Waals surface area contributed by atoms with Gasteiger partial charge in [0.2, 0.25) is 0 Å². The molecule has 0 aliphatic heterocycles. The Labute approximate surface area is 235 Å². The lowest BCUT2D eigenvalue weighted by Gasteiger charge is -2.16. The van der Waals surface area contributed by atoms with Gasteiger partial charge in [-0.05, 0) is 65.4 Å². The minimum absolute atomic E-state index is 0.0143. The molecule has 4 aromatic carbocycles. The summed E-state index contributed by atoms with van der Waals surface area (Å²) in [6, 6.07) is 19.2. The van der Waals surface area contributed by atoms with Gasteiger partial charge in [0.25, 0.3) is 17.4 Å². The number of hydrogen-bond donors (Lipinski definition) is 2. The Kier molecular flexibility index (Phi) is 7.45. The van der Waals surface area contributed by atoms with Crippen LogP contribution >= 0.6 is 0 Å². The van der Waals surface area contributed by atoms with Crippen molar-refractivity contribution in [2.75, 3.05) is 17.7 Å². The van der Waals surface area contributed by atoms with E-state index in [1.807, 2.05) is 0 Å². The van der Waals surface area contributed by atoms with Crippen LogP contribution in [0.5, 0.6) is 5.75 Å². The maximum Gasteiger partial charge on any atom is 0.419 e. The molecule has 0 atom stereocenters. The van der Waals surface area contributed by atoms with E-state index in [1.54, 1.807) is 24.3 Å². The minimum Gasteiger partial charge on any atom is -0.496 e. The van der Waals surface area contributed by atoms with Crippen LogP contribution in [0.3, 0.4) is 0 Å². The van der Waals surface area contributed by atoms with Crippen LogP contribution in [-0.4, -0.2) is 28.7 Å². The molecule has 5 rings (SSSR count). The van der Waals surface area contributed by atoms with Gasteiger partial charge in [-0.1, -0.05) is 24.3 Å². The monoisotopic (exact) mass is 576 g/mol. The molecule has 0 saturated carbocycles. The number of aromatic nitrogens is 2. The molecular formula is C30H20F4N4O4. The molecule has 0 aliphatic carbocycles. The molecule has 0 unspecified atom stereocenters. The number of anilines is 2. The van der Waals surface area contributed by atoms with E-state index in [0.29, 0.717) is 22.9 Å². The summed E-state index contributed by atoms with van der Waals surface area (Å²) in [6.45, 7) is 0. The number of alkyl halides is 3. The van der Waals surface area contributed by atoms with Gasteiger partial charge in [0.1, 0.15) is 11.6 Å². The smallest absolute Gasteiger partial charge is 0.419 e. The van der Waals surface area contributed by atoms with E-state index in [1.165, 1.54) is 55.8 Å². The molecular weight excluding hydrogens is 556 g/mol. The largest absolute Gasteiger partial charge is 0.496 e. The second-order valence-electron chi connectivity index (χ2n) is 9.00. The number of hydrogen-bond acceptors (Lipinski definition) is 5. The Morgan fingerprint density at radius 2 is 1.55 bits per heavy atom. The fourth-order valence-corrected chi connectivity index (χ4v) is 4.30. The van der Waals surface area contributed by atoms with Crippen molar-refractivity contribution in [2.45, 2.75) is 6.18 Å². The number of fused-ring (bicyclic) bond motifs is 1. The van der Waals surface area contributed by atoms with Crippen molar-refractivity contribution in [2.24, 2.45) is 0 Å². The van der Waals surface area contributed by atoms with E-state index in [9.17, 15) is 31.9 Å². The number of rotatable bonds is 6. The van der Waals surface area contributed by atoms with E-state index in [0.717, 1.165) is 10.7 Å². The molecule has 42 heavy (non-hydrogen) atoms. The number of methoxy groups -OCH3 is 1. The Morgan fingerprint density at radius 1 is 0.833 bits per heavy atom. The Morgan fingerprint density at radius 3 is 2.24 bits per heavy atom. The zero-order chi connectivity index (χ0) is 30.0. The van der Waals surface area contributed by atoms with Gasteiger partial charge in [-0.2, -0.15) is 23.0 Å². The van der Waals surface area contributed by atoms with Gasteiger partial charge in [-0.15, -0.1) is 0 Å². The zero-order valence-corrected chi connectivity index (χ0v) is 21.7. The Hall–Kier alpha value is -5.52. The number of carbonyl (C=O) groups excluding carboxylic acids is 2. The van der Waals surface area contributed by atoms with Crippen LogP contribution in [-0.2, 0) is 6.18 Å². The maximum absolute atomic E-state index is 13.8. The second-order valence-corrected chi connectivity index (χ2v) is 9.00. The van der Waals surface area contributed by atoms with E-state index < -0.39 is 34.9 Å². The third kappa shape index (κ3) is 5.68. The van der Waals surface area contributed by atoms with Gasteiger partial charge in [-0.25, -0.2) is 4.39 Å². The zero-order valence-electron chi connectivity index (χ0n) is 21.7. The predicted molar refractivity (Wildman–Crippen MR) is 148 cm³/mol. The summed E-state index contributed by atoms with van der Waals surface area (Å²) >= 11 is 0. The lowest BCUT2D eigenvalue weighted by Crippen LogP contribution is -2.21. The maximum atomic E-state index is 13.8. The molecule has 0 fully saturated rings. The average Bonchev–Trinajstić information content (AvgIpc) is 2.97. The van der Waals surface area contributed by atoms with Crippen molar-refractivity contribution < 1.29 is 31.9 Å². The Bertz CT molecular complexity index is 1900. The first-order chi connectivity index (χ1) is 20.0. The molecule has 212 valence electrons. The van der Waals surface area contributed by atoms with Crippen LogP contribution in [0, 0.1) is 5.82 Å². The molecule has 0 bridgehead atoms. The van der Waals surface area contributed by atoms with Crippen molar-refractivity contribution in [3.8, 4) is 11.4 Å². The molecule has 2 N–H and O–H groups in total. The number of benzene rings is 4. The number of halogens is 4. The van der Waals surface area contributed by atoms with E-state index in [4.69, 9.17) is 4.74 Å². The van der Waals surface area contributed by atoms with Crippen LogP contribution in [0.15, 0.2) is 95.9 Å². The van der Waals surface area contributed by atoms with Crippen molar-refractivity contribution in [3.05, 3.63) is 124 Å². The fraction of sp³-hybridized carbons (Fsp3) is 0.0667. The highest BCUT2D eigenvalue weighted by atomic mass is 19.4. The van der Waals surface area contributed by atoms with Gasteiger partial charge in [0, 0.05) is 18.0 Å². The number of nitrogens with one attached hydrogen (secondary N) is 2. The van der Waals surface area contributed by atoms with E-state index in [-0.39, 0.29) is 33.9 Å². The van der Waals surface area contributed by atoms with Crippen LogP contribution in [0.1, 0.15) is 26.3 Å². The fourth-order valence-electron chi connectivity index (χ4n) is 4.30. The van der Waals surface area contributed by atoms with Crippen LogP contribution in [0.4, 0.5) is 28.9 Å². The number of ether oxygens (including phenoxy) is 1. The molecule has 0 saturated heterocycles. The van der Waals surface area contributed by atoms with Crippen LogP contribution in [0.2, 0.25) is 0 Å². The second kappa shape index (κ2) is 11.2. The van der Waals surface area contributed by atoms with Gasteiger partial charge in [0.15, 0.2) is 0 Å². The average molecular weight is 577 g/mol. The summed E-state index contributed by atoms with van der Waals surface area (Å²) in [4.78, 5) is 39.1. The lowest BCUT2D eigenvalue weighted by molar-refractivity contribution is -0.139. The summed E-state index contributed by atoms with van der Waals surface area (Å²) in [5.74, 6) is -2.87. The third-order valence-electron chi connectivity index (χ3n) is 6.30. The topological polar surface area (TPSA) is 102 Å². The summed E-state index contributed by atoms with van der Waals surface area (Å²) in [5.41, 5.74) is -2.01. The number of amides is 2. The molecule has 0 radical (unpaired) electrons. The molecule has 0 aliphatic rings. The molecule has 0 spiro atoms. The quantitative estimate of drug-likeness (QED) is 0.240. The first-order valence-electron chi connectivity index (χ1n) is 12.3. The van der Waals surface area contributed by atoms with Gasteiger partial charge in [-0.3, -0.25) is 14.4 Å². The highest BCUT2D eigenvalue weighted by molar-refractivity contribution is 6.15. The summed E-state index contributed by atoms with van der Waals surface area (Å²) in [7, 11) is 1.35. The summed E-state index contributed by atoms with van der Waals surface area (Å²) in [5, 5.41) is 10.3. The standard InChI is InChI=1S/C30H20F4N4O4/c1-42-26-11-9-20(38-27(39)7-4-12-35-38)16-22(26)29(41)37-25-14-18-6-3-2-5-17(18)13-21(25)28(40)36-19-8-10-24(31)23(15-19)30(32,33)34/h2-16H,1H3,(H,36,40)(H,37,41). The van der Waals surface area contributed by atoms with Crippen molar-refractivity contribution >= 4 is 34.0 Å². The minimum atomic E-state index is -4.97.